The van der Waals surface area contributed by atoms with Crippen molar-refractivity contribution in [3.63, 3.8) is 0 Å². The van der Waals surface area contributed by atoms with Crippen molar-refractivity contribution >= 4 is 37.8 Å². The lowest BCUT2D eigenvalue weighted by Gasteiger charge is -2.09. The second-order valence-corrected chi connectivity index (χ2v) is 5.75. The molecule has 0 aliphatic rings. The Bertz CT molecular complexity index is 641. The summed E-state index contributed by atoms with van der Waals surface area (Å²) in [6.45, 7) is 2.01. The highest BCUT2D eigenvalue weighted by molar-refractivity contribution is 9.10. The van der Waals surface area contributed by atoms with Crippen LogP contribution in [0.5, 0.6) is 11.5 Å². The van der Waals surface area contributed by atoms with Gasteiger partial charge in [0.1, 0.15) is 11.5 Å². The molecule has 0 bridgehead atoms. The number of nitrogens with two attached hydrogens (primary N) is 1. The molecule has 2 N–H and O–H groups in total. The fourth-order valence-electron chi connectivity index (χ4n) is 1.57. The van der Waals surface area contributed by atoms with Crippen molar-refractivity contribution in [1.82, 2.24) is 0 Å². The first-order valence-electron chi connectivity index (χ1n) is 5.51. The lowest BCUT2D eigenvalue weighted by Crippen LogP contribution is -2.11. The maximum absolute atomic E-state index is 11.1. The minimum absolute atomic E-state index is 0.426. The summed E-state index contributed by atoms with van der Waals surface area (Å²) in [4.78, 5) is 11.1. The molecule has 2 aromatic rings. The highest BCUT2D eigenvalue weighted by Gasteiger charge is 2.09. The summed E-state index contributed by atoms with van der Waals surface area (Å²) in [7, 11) is 0. The Hall–Kier alpha value is -1.33. The number of hydrogen-bond acceptors (Lipinski definition) is 2. The highest BCUT2D eigenvalue weighted by atomic mass is 79.9. The molecule has 0 saturated carbocycles. The van der Waals surface area contributed by atoms with Crippen molar-refractivity contribution in [3.8, 4) is 11.5 Å². The molecule has 19 heavy (non-hydrogen) atoms. The van der Waals surface area contributed by atoms with Gasteiger partial charge in [-0.05, 0) is 74.7 Å². The fraction of sp³-hybridized carbons (Fsp3) is 0.0714. The summed E-state index contributed by atoms with van der Waals surface area (Å²) in [6, 6.07) is 10.9. The van der Waals surface area contributed by atoms with Gasteiger partial charge in [0.2, 0.25) is 5.91 Å². The molecule has 0 fully saturated rings. The van der Waals surface area contributed by atoms with Gasteiger partial charge in [-0.2, -0.15) is 0 Å². The van der Waals surface area contributed by atoms with Crippen LogP contribution in [0, 0.1) is 6.92 Å². The highest BCUT2D eigenvalue weighted by Crippen LogP contribution is 2.32. The molecule has 0 aliphatic carbocycles. The van der Waals surface area contributed by atoms with Gasteiger partial charge in [0.15, 0.2) is 0 Å². The first-order valence-corrected chi connectivity index (χ1v) is 7.09. The molecule has 0 aromatic heterocycles. The zero-order valence-corrected chi connectivity index (χ0v) is 13.3. The van der Waals surface area contributed by atoms with E-state index in [0.29, 0.717) is 21.5 Å². The predicted octanol–water partition coefficient (Wildman–Crippen LogP) is 4.41. The van der Waals surface area contributed by atoms with Gasteiger partial charge in [0.05, 0.1) is 10.0 Å². The average molecular weight is 385 g/mol. The van der Waals surface area contributed by atoms with Crippen LogP contribution in [-0.4, -0.2) is 5.91 Å². The summed E-state index contributed by atoms with van der Waals surface area (Å²) in [6.07, 6.45) is 0. The van der Waals surface area contributed by atoms with Gasteiger partial charge in [0.25, 0.3) is 0 Å². The Morgan fingerprint density at radius 3 is 2.42 bits per heavy atom. The summed E-state index contributed by atoms with van der Waals surface area (Å²) in [5.41, 5.74) is 6.81. The van der Waals surface area contributed by atoms with Gasteiger partial charge in [-0.25, -0.2) is 0 Å². The van der Waals surface area contributed by atoms with Crippen LogP contribution in [0.15, 0.2) is 45.3 Å². The first-order chi connectivity index (χ1) is 8.97. The summed E-state index contributed by atoms with van der Waals surface area (Å²) in [5.74, 6) is 0.862. The van der Waals surface area contributed by atoms with Gasteiger partial charge < -0.3 is 10.5 Å². The number of benzene rings is 2. The topological polar surface area (TPSA) is 52.3 Å². The van der Waals surface area contributed by atoms with Gasteiger partial charge in [-0.3, -0.25) is 4.79 Å². The zero-order valence-electron chi connectivity index (χ0n) is 10.1. The number of carbonyl (C=O) groups excluding carboxylic acids is 1. The quantitative estimate of drug-likeness (QED) is 0.851. The molecule has 5 heteroatoms. The van der Waals surface area contributed by atoms with Gasteiger partial charge in [-0.1, -0.05) is 6.07 Å². The molecule has 0 atom stereocenters. The number of carbonyl (C=O) groups is 1. The maximum Gasteiger partial charge on any atom is 0.249 e. The molecule has 0 heterocycles. The van der Waals surface area contributed by atoms with Gasteiger partial charge >= 0.3 is 0 Å². The number of amides is 1. The molecule has 0 spiro atoms. The SMILES string of the molecule is Cc1ccc(Oc2ccc(C(N)=O)c(Br)c2)c(Br)c1. The molecule has 3 nitrogen and oxygen atoms in total. The summed E-state index contributed by atoms with van der Waals surface area (Å²) < 4.78 is 7.24. The van der Waals surface area contributed by atoms with Crippen LogP contribution in [-0.2, 0) is 0 Å². The molecule has 2 rings (SSSR count). The van der Waals surface area contributed by atoms with Crippen LogP contribution < -0.4 is 10.5 Å². The number of rotatable bonds is 3. The third-order valence-corrected chi connectivity index (χ3v) is 3.80. The third kappa shape index (κ3) is 3.36. The average Bonchev–Trinajstić information content (AvgIpc) is 2.32. The van der Waals surface area contributed by atoms with E-state index < -0.39 is 5.91 Å². The van der Waals surface area contributed by atoms with Crippen molar-refractivity contribution in [2.45, 2.75) is 6.92 Å². The predicted molar refractivity (Wildman–Crippen MR) is 81.6 cm³/mol. The van der Waals surface area contributed by atoms with E-state index in [1.807, 2.05) is 25.1 Å². The molecule has 1 amide bonds. The fourth-order valence-corrected chi connectivity index (χ4v) is 2.70. The lowest BCUT2D eigenvalue weighted by atomic mass is 10.2. The van der Waals surface area contributed by atoms with E-state index in [-0.39, 0.29) is 0 Å². The zero-order chi connectivity index (χ0) is 14.0. The van der Waals surface area contributed by atoms with E-state index >= 15 is 0 Å². The minimum atomic E-state index is -0.477. The third-order valence-electron chi connectivity index (χ3n) is 2.52. The molecule has 2 aromatic carbocycles. The molecule has 0 unspecified atom stereocenters. The van der Waals surface area contributed by atoms with E-state index in [0.717, 1.165) is 10.0 Å². The maximum atomic E-state index is 11.1. The number of aryl methyl sites for hydroxylation is 1. The Morgan fingerprint density at radius 1 is 1.11 bits per heavy atom. The van der Waals surface area contributed by atoms with E-state index in [4.69, 9.17) is 10.5 Å². The second-order valence-electron chi connectivity index (χ2n) is 4.04. The molecule has 0 saturated heterocycles. The number of primary amides is 1. The van der Waals surface area contributed by atoms with Crippen LogP contribution in [0.4, 0.5) is 0 Å². The normalized spacial score (nSPS) is 10.3. The number of ether oxygens (including phenoxy) is 1. The van der Waals surface area contributed by atoms with E-state index in [2.05, 4.69) is 31.9 Å². The van der Waals surface area contributed by atoms with Crippen LogP contribution in [0.2, 0.25) is 0 Å². The van der Waals surface area contributed by atoms with Crippen LogP contribution in [0.3, 0.4) is 0 Å². The van der Waals surface area contributed by atoms with Crippen molar-refractivity contribution in [1.29, 1.82) is 0 Å². The standard InChI is InChI=1S/C14H11Br2NO2/c1-8-2-5-13(12(16)6-8)19-9-3-4-10(14(17)18)11(15)7-9/h2-7H,1H3,(H2,17,18). The van der Waals surface area contributed by atoms with E-state index in [1.54, 1.807) is 18.2 Å². The van der Waals surface area contributed by atoms with Crippen LogP contribution >= 0.6 is 31.9 Å². The van der Waals surface area contributed by atoms with Gasteiger partial charge in [0, 0.05) is 4.47 Å². The molecule has 98 valence electrons. The first kappa shape index (κ1) is 14.1. The Kier molecular flexibility index (Phi) is 4.27. The molecular weight excluding hydrogens is 374 g/mol. The Balaban J connectivity index is 2.29. The van der Waals surface area contributed by atoms with E-state index in [9.17, 15) is 4.79 Å². The second kappa shape index (κ2) is 5.75. The molecule has 0 aliphatic heterocycles. The minimum Gasteiger partial charge on any atom is -0.456 e. The smallest absolute Gasteiger partial charge is 0.249 e. The van der Waals surface area contributed by atoms with E-state index in [1.165, 1.54) is 0 Å². The number of halogens is 2. The summed E-state index contributed by atoms with van der Waals surface area (Å²) in [5, 5.41) is 0. The largest absolute Gasteiger partial charge is 0.456 e. The van der Waals surface area contributed by atoms with Crippen molar-refractivity contribution in [3.05, 3.63) is 56.5 Å². The molecule has 0 radical (unpaired) electrons. The van der Waals surface area contributed by atoms with Crippen molar-refractivity contribution in [2.24, 2.45) is 5.73 Å². The Morgan fingerprint density at radius 2 is 1.84 bits per heavy atom. The number of hydrogen-bond donors (Lipinski definition) is 1. The van der Waals surface area contributed by atoms with Gasteiger partial charge in [-0.15, -0.1) is 0 Å². The molecular formula is C14H11Br2NO2. The van der Waals surface area contributed by atoms with Crippen molar-refractivity contribution in [2.75, 3.05) is 0 Å². The van der Waals surface area contributed by atoms with Crippen molar-refractivity contribution < 1.29 is 9.53 Å². The lowest BCUT2D eigenvalue weighted by molar-refractivity contribution is 0.0999. The van der Waals surface area contributed by atoms with Crippen LogP contribution in [0.1, 0.15) is 15.9 Å². The monoisotopic (exact) mass is 383 g/mol. The Labute approximate surface area is 128 Å². The van der Waals surface area contributed by atoms with Crippen LogP contribution in [0.25, 0.3) is 0 Å². The summed E-state index contributed by atoms with van der Waals surface area (Å²) >= 11 is 6.75.